The summed E-state index contributed by atoms with van der Waals surface area (Å²) < 4.78 is 0. The van der Waals surface area contributed by atoms with Crippen molar-refractivity contribution in [3.05, 3.63) is 35.4 Å². The Morgan fingerprint density at radius 3 is 2.58 bits per heavy atom. The van der Waals surface area contributed by atoms with Crippen molar-refractivity contribution >= 4 is 0 Å². The highest BCUT2D eigenvalue weighted by Crippen LogP contribution is 2.12. The molecule has 0 saturated carbocycles. The van der Waals surface area contributed by atoms with Crippen LogP contribution in [0.5, 0.6) is 0 Å². The molecule has 1 aromatic carbocycles. The molecule has 1 aromatic rings. The number of benzene rings is 1. The molecule has 0 radical (unpaired) electrons. The minimum absolute atomic E-state index is 0.809. The average Bonchev–Trinajstić information content (AvgIpc) is 2.64. The molecule has 1 fully saturated rings. The molecule has 3 nitrogen and oxygen atoms in total. The van der Waals surface area contributed by atoms with Crippen LogP contribution < -0.4 is 5.73 Å². The van der Waals surface area contributed by atoms with E-state index in [1.54, 1.807) is 0 Å². The number of aryl methyl sites for hydroxylation is 1. The lowest BCUT2D eigenvalue weighted by Crippen LogP contribution is -2.32. The number of hydrogen-bond acceptors (Lipinski definition) is 3. The molecule has 0 bridgehead atoms. The summed E-state index contributed by atoms with van der Waals surface area (Å²) in [5, 5.41) is 0. The topological polar surface area (TPSA) is 32.5 Å². The van der Waals surface area contributed by atoms with Gasteiger partial charge in [-0.25, -0.2) is 0 Å². The van der Waals surface area contributed by atoms with Gasteiger partial charge in [-0.05, 0) is 57.1 Å². The summed E-state index contributed by atoms with van der Waals surface area (Å²) in [5.74, 6) is 0. The molecule has 2 rings (SSSR count). The maximum atomic E-state index is 5.59. The molecule has 19 heavy (non-hydrogen) atoms. The molecule has 3 heteroatoms. The molecule has 1 aliphatic rings. The first kappa shape index (κ1) is 14.5. The normalized spacial score (nSPS) is 18.4. The summed E-state index contributed by atoms with van der Waals surface area (Å²) in [4.78, 5) is 5.15. The second kappa shape index (κ2) is 7.63. The highest BCUT2D eigenvalue weighted by atomic mass is 15.2. The molecule has 2 N–H and O–H groups in total. The molecule has 1 heterocycles. The van der Waals surface area contributed by atoms with Crippen LogP contribution in [-0.2, 0) is 6.54 Å². The van der Waals surface area contributed by atoms with Gasteiger partial charge in [0.1, 0.15) is 0 Å². The van der Waals surface area contributed by atoms with Crippen molar-refractivity contribution < 1.29 is 0 Å². The fraction of sp³-hybridized carbons (Fsp3) is 0.625. The van der Waals surface area contributed by atoms with Gasteiger partial charge in [-0.2, -0.15) is 0 Å². The van der Waals surface area contributed by atoms with E-state index in [1.807, 2.05) is 0 Å². The molecule has 0 aliphatic carbocycles. The Bertz CT molecular complexity index is 378. The third kappa shape index (κ3) is 4.60. The van der Waals surface area contributed by atoms with Crippen LogP contribution in [0.25, 0.3) is 0 Å². The number of rotatable bonds is 5. The van der Waals surface area contributed by atoms with Crippen LogP contribution in [-0.4, -0.2) is 49.1 Å². The first-order valence-corrected chi connectivity index (χ1v) is 7.49. The third-order valence-electron chi connectivity index (χ3n) is 4.01. The summed E-state index contributed by atoms with van der Waals surface area (Å²) in [7, 11) is 0. The van der Waals surface area contributed by atoms with Gasteiger partial charge in [0.05, 0.1) is 0 Å². The van der Waals surface area contributed by atoms with Crippen LogP contribution in [0.15, 0.2) is 24.3 Å². The van der Waals surface area contributed by atoms with Crippen molar-refractivity contribution in [1.29, 1.82) is 0 Å². The van der Waals surface area contributed by atoms with Gasteiger partial charge in [-0.1, -0.05) is 24.3 Å². The summed E-state index contributed by atoms with van der Waals surface area (Å²) >= 11 is 0. The van der Waals surface area contributed by atoms with Crippen LogP contribution in [0.4, 0.5) is 0 Å². The van der Waals surface area contributed by atoms with Crippen molar-refractivity contribution in [2.24, 2.45) is 5.73 Å². The summed E-state index contributed by atoms with van der Waals surface area (Å²) in [6.07, 6.45) is 2.40. The van der Waals surface area contributed by atoms with E-state index < -0.39 is 0 Å². The molecule has 0 amide bonds. The van der Waals surface area contributed by atoms with E-state index >= 15 is 0 Å². The molecule has 0 atom stereocenters. The Kier molecular flexibility index (Phi) is 5.83. The second-order valence-corrected chi connectivity index (χ2v) is 5.54. The fourth-order valence-corrected chi connectivity index (χ4v) is 2.75. The standard InChI is InChI=1S/C16H27N3/c1-15-6-2-3-7-16(15)14-19-11-5-10-18(12-13-19)9-4-8-17/h2-3,6-7H,4-5,8-14,17H2,1H3. The van der Waals surface area contributed by atoms with Gasteiger partial charge >= 0.3 is 0 Å². The zero-order valence-corrected chi connectivity index (χ0v) is 12.1. The van der Waals surface area contributed by atoms with Gasteiger partial charge < -0.3 is 10.6 Å². The fourth-order valence-electron chi connectivity index (χ4n) is 2.75. The zero-order chi connectivity index (χ0) is 13.5. The van der Waals surface area contributed by atoms with Crippen molar-refractivity contribution in [2.75, 3.05) is 39.3 Å². The van der Waals surface area contributed by atoms with Gasteiger partial charge in [0.15, 0.2) is 0 Å². The average molecular weight is 261 g/mol. The first-order valence-electron chi connectivity index (χ1n) is 7.49. The predicted molar refractivity (Wildman–Crippen MR) is 81.2 cm³/mol. The number of nitrogens with zero attached hydrogens (tertiary/aromatic N) is 2. The van der Waals surface area contributed by atoms with Crippen LogP contribution in [0, 0.1) is 6.92 Å². The molecular weight excluding hydrogens is 234 g/mol. The molecule has 106 valence electrons. The Morgan fingerprint density at radius 1 is 1.05 bits per heavy atom. The minimum atomic E-state index is 0.809. The van der Waals surface area contributed by atoms with Gasteiger partial charge in [0, 0.05) is 19.6 Å². The van der Waals surface area contributed by atoms with Crippen molar-refractivity contribution in [3.63, 3.8) is 0 Å². The smallest absolute Gasteiger partial charge is 0.0236 e. The largest absolute Gasteiger partial charge is 0.330 e. The van der Waals surface area contributed by atoms with Crippen LogP contribution in [0.2, 0.25) is 0 Å². The van der Waals surface area contributed by atoms with Gasteiger partial charge in [0.25, 0.3) is 0 Å². The lowest BCUT2D eigenvalue weighted by Gasteiger charge is -2.22. The maximum absolute atomic E-state index is 5.59. The van der Waals surface area contributed by atoms with E-state index in [1.165, 1.54) is 43.7 Å². The summed E-state index contributed by atoms with van der Waals surface area (Å²) in [6, 6.07) is 8.73. The van der Waals surface area contributed by atoms with E-state index in [-0.39, 0.29) is 0 Å². The summed E-state index contributed by atoms with van der Waals surface area (Å²) in [5.41, 5.74) is 8.47. The third-order valence-corrected chi connectivity index (χ3v) is 4.01. The van der Waals surface area contributed by atoms with E-state index in [4.69, 9.17) is 5.73 Å². The van der Waals surface area contributed by atoms with Crippen LogP contribution in [0.3, 0.4) is 0 Å². The molecule has 1 aliphatic heterocycles. The highest BCUT2D eigenvalue weighted by Gasteiger charge is 2.14. The van der Waals surface area contributed by atoms with Crippen LogP contribution in [0.1, 0.15) is 24.0 Å². The van der Waals surface area contributed by atoms with Crippen molar-refractivity contribution in [2.45, 2.75) is 26.3 Å². The molecule has 0 spiro atoms. The van der Waals surface area contributed by atoms with Crippen LogP contribution >= 0.6 is 0 Å². The number of nitrogens with two attached hydrogens (primary N) is 1. The Labute approximate surface area is 117 Å². The van der Waals surface area contributed by atoms with E-state index in [9.17, 15) is 0 Å². The van der Waals surface area contributed by atoms with E-state index in [2.05, 4.69) is 41.0 Å². The van der Waals surface area contributed by atoms with Gasteiger partial charge in [-0.3, -0.25) is 4.90 Å². The molecule has 0 unspecified atom stereocenters. The van der Waals surface area contributed by atoms with E-state index in [0.717, 1.165) is 26.1 Å². The Morgan fingerprint density at radius 2 is 1.79 bits per heavy atom. The quantitative estimate of drug-likeness (QED) is 0.878. The molecular formula is C16H27N3. The molecule has 0 aromatic heterocycles. The SMILES string of the molecule is Cc1ccccc1CN1CCCN(CCCN)CC1. The predicted octanol–water partition coefficient (Wildman–Crippen LogP) is 1.85. The first-order chi connectivity index (χ1) is 9.29. The van der Waals surface area contributed by atoms with Gasteiger partial charge in [-0.15, -0.1) is 0 Å². The lowest BCUT2D eigenvalue weighted by atomic mass is 10.1. The number of hydrogen-bond donors (Lipinski definition) is 1. The Hall–Kier alpha value is -0.900. The maximum Gasteiger partial charge on any atom is 0.0236 e. The highest BCUT2D eigenvalue weighted by molar-refractivity contribution is 5.25. The van der Waals surface area contributed by atoms with Crippen molar-refractivity contribution in [3.8, 4) is 0 Å². The lowest BCUT2D eigenvalue weighted by molar-refractivity contribution is 0.250. The second-order valence-electron chi connectivity index (χ2n) is 5.54. The van der Waals surface area contributed by atoms with E-state index in [0.29, 0.717) is 0 Å². The zero-order valence-electron chi connectivity index (χ0n) is 12.1. The Balaban J connectivity index is 1.84. The summed E-state index contributed by atoms with van der Waals surface area (Å²) in [6.45, 7) is 10.1. The molecule has 1 saturated heterocycles. The minimum Gasteiger partial charge on any atom is -0.330 e. The van der Waals surface area contributed by atoms with Gasteiger partial charge in [0.2, 0.25) is 0 Å². The monoisotopic (exact) mass is 261 g/mol. The van der Waals surface area contributed by atoms with Crippen molar-refractivity contribution in [1.82, 2.24) is 9.80 Å².